The number of hydrogen-bond donors (Lipinski definition) is 9. The fourth-order valence-corrected chi connectivity index (χ4v) is 6.94. The van der Waals surface area contributed by atoms with Gasteiger partial charge in [-0.25, -0.2) is 0 Å². The molecule has 0 saturated heterocycles. The highest BCUT2D eigenvalue weighted by Crippen LogP contribution is 2.37. The number of Topliss-reactive ketones (excluding diaryl/α,β-unsaturated/α-hetero) is 1. The maximum Gasteiger partial charge on any atom is 0.461 e. The molecule has 9 N–H and O–H groups in total. The van der Waals surface area contributed by atoms with Crippen LogP contribution in [0, 0.1) is 17.8 Å². The van der Waals surface area contributed by atoms with Crippen molar-refractivity contribution in [2.75, 3.05) is 0 Å². The van der Waals surface area contributed by atoms with Gasteiger partial charge in [0.15, 0.2) is 0 Å². The monoisotopic (exact) mass is 958 g/mol. The van der Waals surface area contributed by atoms with Gasteiger partial charge in [0, 0.05) is 6.42 Å². The van der Waals surface area contributed by atoms with Gasteiger partial charge in [0.1, 0.15) is 30.2 Å². The van der Waals surface area contributed by atoms with Gasteiger partial charge in [-0.05, 0) is 43.4 Å². The van der Waals surface area contributed by atoms with Gasteiger partial charge in [-0.2, -0.15) is 22.0 Å². The van der Waals surface area contributed by atoms with E-state index in [4.69, 9.17) is 5.11 Å². The van der Waals surface area contributed by atoms with Crippen molar-refractivity contribution in [2.45, 2.75) is 179 Å². The number of carbonyl (C=O) groups excluding carboxylic acids is 7. The number of amides is 5. The second-order valence-corrected chi connectivity index (χ2v) is 16.8. The first-order valence-electron chi connectivity index (χ1n) is 21.8. The standard InChI is InChI=1S/C41H63F5N6O14/c1-6-11-24(34(60)40(42,43)41(44,45)46)47-36(62)27(19-23-12-9-8-10-13-23)50-39(65)33(22(5)7-2)51-37(63)26(18-21(3)4)49-35(61)25(14-15-29(53)54)48-38(64)28(20-31(57)58)52-66-32(59)17-16-30(55)56/h21-28,33,52H,6-20H2,1-5H3,(H,47,62)(H,48,64)(H,49,61)(H,50,65)(H,51,63)(H,53,54)(H,55,56)(H,57,58)/t22-,24?,25-,26+,27+,28+,33+/m1/s1. The highest BCUT2D eigenvalue weighted by molar-refractivity contribution is 5.98. The zero-order valence-electron chi connectivity index (χ0n) is 37.5. The van der Waals surface area contributed by atoms with Gasteiger partial charge in [-0.3, -0.25) is 47.9 Å². The van der Waals surface area contributed by atoms with Crippen LogP contribution in [-0.2, 0) is 52.8 Å². The first-order valence-corrected chi connectivity index (χ1v) is 21.8. The fourth-order valence-electron chi connectivity index (χ4n) is 6.94. The van der Waals surface area contributed by atoms with E-state index in [9.17, 15) is 80.1 Å². The summed E-state index contributed by atoms with van der Waals surface area (Å²) in [7, 11) is 0. The lowest BCUT2D eigenvalue weighted by Gasteiger charge is -2.32. The van der Waals surface area contributed by atoms with E-state index in [1.807, 2.05) is 10.8 Å². The third-order valence-corrected chi connectivity index (χ3v) is 10.8. The van der Waals surface area contributed by atoms with E-state index in [-0.39, 0.29) is 37.5 Å². The summed E-state index contributed by atoms with van der Waals surface area (Å²) in [6, 6.07) is -10.4. The van der Waals surface area contributed by atoms with Crippen LogP contribution >= 0.6 is 0 Å². The van der Waals surface area contributed by atoms with E-state index >= 15 is 0 Å². The summed E-state index contributed by atoms with van der Waals surface area (Å²) < 4.78 is 67.9. The number of alkyl halides is 5. The van der Waals surface area contributed by atoms with E-state index in [1.165, 1.54) is 6.92 Å². The average Bonchev–Trinajstić information content (AvgIpc) is 3.22. The van der Waals surface area contributed by atoms with E-state index in [1.54, 1.807) is 27.7 Å². The number of rotatable bonds is 30. The molecule has 376 valence electrons. The van der Waals surface area contributed by atoms with Crippen LogP contribution in [0.5, 0.6) is 0 Å². The summed E-state index contributed by atoms with van der Waals surface area (Å²) in [6.07, 6.45) is -7.03. The molecule has 0 spiro atoms. The maximum absolute atomic E-state index is 14.2. The molecule has 1 fully saturated rings. The highest BCUT2D eigenvalue weighted by atomic mass is 19.4. The summed E-state index contributed by atoms with van der Waals surface area (Å²) in [5.41, 5.74) is 1.89. The van der Waals surface area contributed by atoms with Crippen molar-refractivity contribution in [3.05, 3.63) is 0 Å². The topological polar surface area (TPSA) is 313 Å². The van der Waals surface area contributed by atoms with Crippen molar-refractivity contribution in [3.63, 3.8) is 0 Å². The molecule has 66 heavy (non-hydrogen) atoms. The number of nitrogens with one attached hydrogen (secondary N) is 6. The Hall–Kier alpha value is -5.49. The first kappa shape index (κ1) is 58.5. The van der Waals surface area contributed by atoms with Crippen LogP contribution in [0.25, 0.3) is 0 Å². The van der Waals surface area contributed by atoms with Crippen LogP contribution in [0.3, 0.4) is 0 Å². The Labute approximate surface area is 378 Å². The number of aliphatic carboxylic acids is 3. The SMILES string of the molecule is CCCC(NC(=O)[C@H](CC1CCCCC1)NC(=O)[C@@H](NC(=O)[C@H](CC(C)C)NC(=O)[C@@H](CCC(=O)O)NC(=O)[C@H](CC(=O)O)NOC(=O)CCC(=O)O)[C@H](C)CC)C(=O)C(F)(F)C(F)(F)F. The van der Waals surface area contributed by atoms with Crippen LogP contribution in [0.4, 0.5) is 22.0 Å². The number of carbonyl (C=O) groups is 10. The molecule has 0 radical (unpaired) electrons. The number of hydroxylamine groups is 1. The molecule has 1 unspecified atom stereocenters. The van der Waals surface area contributed by atoms with Crippen LogP contribution < -0.4 is 32.1 Å². The summed E-state index contributed by atoms with van der Waals surface area (Å²) in [4.78, 5) is 132. The minimum atomic E-state index is -6.24. The molecular formula is C41H63F5N6O14. The zero-order chi connectivity index (χ0) is 50.5. The molecule has 5 amide bonds. The molecule has 1 aliphatic rings. The third kappa shape index (κ3) is 20.4. The minimum Gasteiger partial charge on any atom is -0.481 e. The molecule has 1 rings (SSSR count). The first-order chi connectivity index (χ1) is 30.6. The molecular weight excluding hydrogens is 895 g/mol. The predicted molar refractivity (Wildman–Crippen MR) is 220 cm³/mol. The van der Waals surface area contributed by atoms with Gasteiger partial charge < -0.3 is 46.7 Å². The second kappa shape index (κ2) is 27.9. The summed E-state index contributed by atoms with van der Waals surface area (Å²) in [5, 5.41) is 39.1. The van der Waals surface area contributed by atoms with Gasteiger partial charge in [-0.1, -0.05) is 79.6 Å². The molecule has 0 aromatic heterocycles. The van der Waals surface area contributed by atoms with Gasteiger partial charge in [0.2, 0.25) is 35.3 Å². The number of halogens is 5. The van der Waals surface area contributed by atoms with Gasteiger partial charge in [0.25, 0.3) is 0 Å². The van der Waals surface area contributed by atoms with Crippen molar-refractivity contribution in [3.8, 4) is 0 Å². The largest absolute Gasteiger partial charge is 0.481 e. The normalized spacial score (nSPS) is 16.5. The Balaban J connectivity index is 3.47. The highest BCUT2D eigenvalue weighted by Gasteiger charge is 2.64. The van der Waals surface area contributed by atoms with E-state index in [0.717, 1.165) is 19.3 Å². The molecule has 25 heteroatoms. The molecule has 0 bridgehead atoms. The van der Waals surface area contributed by atoms with Gasteiger partial charge in [-0.15, -0.1) is 5.48 Å². The summed E-state index contributed by atoms with van der Waals surface area (Å²) in [5.74, 6) is -20.7. The van der Waals surface area contributed by atoms with E-state index in [2.05, 4.69) is 26.1 Å². The smallest absolute Gasteiger partial charge is 0.461 e. The van der Waals surface area contributed by atoms with Crippen molar-refractivity contribution in [1.82, 2.24) is 32.1 Å². The number of carboxylic acid groups (broad SMARTS) is 3. The van der Waals surface area contributed by atoms with Crippen molar-refractivity contribution in [2.24, 2.45) is 17.8 Å². The Morgan fingerprint density at radius 3 is 1.64 bits per heavy atom. The molecule has 20 nitrogen and oxygen atoms in total. The lowest BCUT2D eigenvalue weighted by Crippen LogP contribution is -2.61. The summed E-state index contributed by atoms with van der Waals surface area (Å²) in [6.45, 7) is 7.91. The lowest BCUT2D eigenvalue weighted by molar-refractivity contribution is -0.269. The molecule has 0 aromatic rings. The van der Waals surface area contributed by atoms with Crippen LogP contribution in [0.15, 0.2) is 0 Å². The number of carboxylic acids is 3. The molecule has 0 aliphatic heterocycles. The van der Waals surface area contributed by atoms with Crippen molar-refractivity contribution in [1.29, 1.82) is 0 Å². The molecule has 1 saturated carbocycles. The third-order valence-electron chi connectivity index (χ3n) is 10.8. The Morgan fingerprint density at radius 2 is 1.12 bits per heavy atom. The Kier molecular flexibility index (Phi) is 24.7. The van der Waals surface area contributed by atoms with Crippen molar-refractivity contribution < 1.29 is 90.1 Å². The Bertz CT molecular complexity index is 1710. The molecule has 0 heterocycles. The number of ketones is 1. The lowest BCUT2D eigenvalue weighted by atomic mass is 9.84. The Morgan fingerprint density at radius 1 is 0.606 bits per heavy atom. The second-order valence-electron chi connectivity index (χ2n) is 16.8. The molecule has 1 aliphatic carbocycles. The zero-order valence-corrected chi connectivity index (χ0v) is 37.5. The summed E-state index contributed by atoms with van der Waals surface area (Å²) >= 11 is 0. The van der Waals surface area contributed by atoms with Crippen LogP contribution in [-0.4, -0.2) is 123 Å². The number of hydrogen-bond acceptors (Lipinski definition) is 12. The van der Waals surface area contributed by atoms with Gasteiger partial charge >= 0.3 is 36.0 Å². The van der Waals surface area contributed by atoms with Crippen LogP contribution in [0.2, 0.25) is 0 Å². The molecule has 7 atom stereocenters. The van der Waals surface area contributed by atoms with E-state index < -0.39 is 152 Å². The molecule has 0 aromatic carbocycles. The van der Waals surface area contributed by atoms with E-state index in [0.29, 0.717) is 12.8 Å². The quantitative estimate of drug-likeness (QED) is 0.0369. The minimum absolute atomic E-state index is 0.0791. The maximum atomic E-state index is 14.2. The van der Waals surface area contributed by atoms with Gasteiger partial charge in [0.05, 0.1) is 25.3 Å². The predicted octanol–water partition coefficient (Wildman–Crippen LogP) is 2.66. The van der Waals surface area contributed by atoms with Crippen molar-refractivity contribution >= 4 is 59.2 Å². The average molecular weight is 959 g/mol. The fraction of sp³-hybridized carbons (Fsp3) is 0.756. The van der Waals surface area contributed by atoms with Crippen LogP contribution in [0.1, 0.15) is 131 Å².